The number of alkyl halides is 1. The third kappa shape index (κ3) is 4.61. The molecule has 1 nitrogen and oxygen atoms in total. The second-order valence-electron chi connectivity index (χ2n) is 4.73. The van der Waals surface area contributed by atoms with Gasteiger partial charge in [0.2, 0.25) is 0 Å². The quantitative estimate of drug-likeness (QED) is 0.682. The molecule has 0 aliphatic heterocycles. The van der Waals surface area contributed by atoms with Crippen LogP contribution in [-0.4, -0.2) is 12.7 Å². The van der Waals surface area contributed by atoms with Gasteiger partial charge in [0.15, 0.2) is 0 Å². The van der Waals surface area contributed by atoms with Crippen LogP contribution >= 0.6 is 0 Å². The van der Waals surface area contributed by atoms with E-state index in [0.29, 0.717) is 18.9 Å². The third-order valence-electron chi connectivity index (χ3n) is 3.03. The van der Waals surface area contributed by atoms with Gasteiger partial charge in [-0.15, -0.1) is 0 Å². The van der Waals surface area contributed by atoms with Crippen molar-refractivity contribution in [3.8, 4) is 0 Å². The Bertz CT molecular complexity index is 134. The van der Waals surface area contributed by atoms with E-state index in [4.69, 9.17) is 5.73 Å². The van der Waals surface area contributed by atoms with E-state index >= 15 is 0 Å². The van der Waals surface area contributed by atoms with Gasteiger partial charge in [0.1, 0.15) is 6.17 Å². The van der Waals surface area contributed by atoms with Crippen molar-refractivity contribution in [2.45, 2.75) is 53.1 Å². The first-order valence-electron chi connectivity index (χ1n) is 5.28. The summed E-state index contributed by atoms with van der Waals surface area (Å²) >= 11 is 0. The number of nitrogens with two attached hydrogens (primary N) is 1. The molecular formula is C11H24FN. The standard InChI is InChI=1S/C11H24FN/c1-5-11(3,4)10(12)8-9(2)6-7-13/h9-10H,5-8,13H2,1-4H3/t9?,10-/m1/s1. The number of halogens is 1. The van der Waals surface area contributed by atoms with E-state index in [9.17, 15) is 4.39 Å². The summed E-state index contributed by atoms with van der Waals surface area (Å²) in [5, 5.41) is 0. The Balaban J connectivity index is 3.91. The molecule has 13 heavy (non-hydrogen) atoms. The highest BCUT2D eigenvalue weighted by molar-refractivity contribution is 4.78. The molecule has 0 spiro atoms. The van der Waals surface area contributed by atoms with E-state index in [1.165, 1.54) is 0 Å². The highest BCUT2D eigenvalue weighted by Crippen LogP contribution is 2.31. The average Bonchev–Trinajstić information content (AvgIpc) is 2.04. The number of hydrogen-bond donors (Lipinski definition) is 1. The Morgan fingerprint density at radius 1 is 1.38 bits per heavy atom. The lowest BCUT2D eigenvalue weighted by Gasteiger charge is -2.29. The molecule has 2 atom stereocenters. The van der Waals surface area contributed by atoms with Crippen LogP contribution in [-0.2, 0) is 0 Å². The minimum atomic E-state index is -0.695. The molecule has 80 valence electrons. The largest absolute Gasteiger partial charge is 0.330 e. The highest BCUT2D eigenvalue weighted by Gasteiger charge is 2.28. The van der Waals surface area contributed by atoms with Gasteiger partial charge in [-0.25, -0.2) is 4.39 Å². The van der Waals surface area contributed by atoms with Crippen molar-refractivity contribution >= 4 is 0 Å². The molecule has 0 aromatic rings. The van der Waals surface area contributed by atoms with E-state index in [0.717, 1.165) is 12.8 Å². The smallest absolute Gasteiger partial charge is 0.105 e. The van der Waals surface area contributed by atoms with Crippen LogP contribution in [0.15, 0.2) is 0 Å². The normalized spacial score (nSPS) is 17.1. The molecule has 0 aliphatic rings. The Labute approximate surface area is 81.9 Å². The maximum absolute atomic E-state index is 13.7. The molecule has 0 fully saturated rings. The van der Waals surface area contributed by atoms with Gasteiger partial charge in [0.05, 0.1) is 0 Å². The van der Waals surface area contributed by atoms with Gasteiger partial charge in [-0.3, -0.25) is 0 Å². The average molecular weight is 189 g/mol. The number of hydrogen-bond acceptors (Lipinski definition) is 1. The fourth-order valence-electron chi connectivity index (χ4n) is 1.30. The zero-order valence-electron chi connectivity index (χ0n) is 9.44. The van der Waals surface area contributed by atoms with Crippen LogP contribution < -0.4 is 5.73 Å². The first-order valence-corrected chi connectivity index (χ1v) is 5.28. The predicted molar refractivity (Wildman–Crippen MR) is 56.4 cm³/mol. The van der Waals surface area contributed by atoms with E-state index in [-0.39, 0.29) is 5.41 Å². The van der Waals surface area contributed by atoms with Gasteiger partial charge in [0, 0.05) is 0 Å². The van der Waals surface area contributed by atoms with Gasteiger partial charge >= 0.3 is 0 Å². The Kier molecular flexibility index (Phi) is 5.54. The van der Waals surface area contributed by atoms with Crippen LogP contribution in [0.2, 0.25) is 0 Å². The van der Waals surface area contributed by atoms with Crippen LogP contribution in [0.3, 0.4) is 0 Å². The van der Waals surface area contributed by atoms with E-state index < -0.39 is 6.17 Å². The van der Waals surface area contributed by atoms with Crippen molar-refractivity contribution in [3.05, 3.63) is 0 Å². The second-order valence-corrected chi connectivity index (χ2v) is 4.73. The fourth-order valence-corrected chi connectivity index (χ4v) is 1.30. The number of rotatable bonds is 6. The van der Waals surface area contributed by atoms with Crippen molar-refractivity contribution in [1.82, 2.24) is 0 Å². The molecule has 0 aromatic heterocycles. The third-order valence-corrected chi connectivity index (χ3v) is 3.03. The summed E-state index contributed by atoms with van der Waals surface area (Å²) in [4.78, 5) is 0. The second kappa shape index (κ2) is 5.58. The van der Waals surface area contributed by atoms with Gasteiger partial charge in [-0.1, -0.05) is 27.7 Å². The molecule has 2 N–H and O–H groups in total. The van der Waals surface area contributed by atoms with Crippen LogP contribution in [0.4, 0.5) is 4.39 Å². The summed E-state index contributed by atoms with van der Waals surface area (Å²) < 4.78 is 13.7. The van der Waals surface area contributed by atoms with Crippen molar-refractivity contribution in [2.75, 3.05) is 6.54 Å². The SMILES string of the molecule is CCC(C)(C)[C@H](F)CC(C)CCN. The van der Waals surface area contributed by atoms with Crippen LogP contribution in [0.5, 0.6) is 0 Å². The molecule has 2 heteroatoms. The van der Waals surface area contributed by atoms with Gasteiger partial charge in [-0.2, -0.15) is 0 Å². The molecule has 0 bridgehead atoms. The van der Waals surface area contributed by atoms with Crippen molar-refractivity contribution < 1.29 is 4.39 Å². The zero-order chi connectivity index (χ0) is 10.5. The first-order chi connectivity index (χ1) is 5.94. The molecule has 0 saturated heterocycles. The van der Waals surface area contributed by atoms with Crippen LogP contribution in [0.25, 0.3) is 0 Å². The summed E-state index contributed by atoms with van der Waals surface area (Å²) in [5.41, 5.74) is 5.25. The zero-order valence-corrected chi connectivity index (χ0v) is 9.44. The molecule has 0 rings (SSSR count). The molecule has 0 aliphatic carbocycles. The Morgan fingerprint density at radius 3 is 2.31 bits per heavy atom. The van der Waals surface area contributed by atoms with Crippen LogP contribution in [0.1, 0.15) is 47.0 Å². The summed E-state index contributed by atoms with van der Waals surface area (Å²) in [6.45, 7) is 8.77. The molecule has 0 radical (unpaired) electrons. The van der Waals surface area contributed by atoms with E-state index in [1.54, 1.807) is 0 Å². The van der Waals surface area contributed by atoms with Crippen molar-refractivity contribution in [3.63, 3.8) is 0 Å². The summed E-state index contributed by atoms with van der Waals surface area (Å²) in [7, 11) is 0. The van der Waals surface area contributed by atoms with E-state index in [1.807, 2.05) is 20.8 Å². The molecule has 0 amide bonds. The lowest BCUT2D eigenvalue weighted by atomic mass is 9.80. The monoisotopic (exact) mass is 189 g/mol. The molecule has 0 saturated carbocycles. The van der Waals surface area contributed by atoms with E-state index in [2.05, 4.69) is 6.92 Å². The predicted octanol–water partition coefficient (Wildman–Crippen LogP) is 3.14. The first kappa shape index (κ1) is 12.9. The van der Waals surface area contributed by atoms with Crippen molar-refractivity contribution in [2.24, 2.45) is 17.1 Å². The Hall–Kier alpha value is -0.110. The highest BCUT2D eigenvalue weighted by atomic mass is 19.1. The van der Waals surface area contributed by atoms with Gasteiger partial charge < -0.3 is 5.73 Å². The Morgan fingerprint density at radius 2 is 1.92 bits per heavy atom. The van der Waals surface area contributed by atoms with Crippen LogP contribution in [0, 0.1) is 11.3 Å². The maximum atomic E-state index is 13.7. The van der Waals surface area contributed by atoms with Crippen molar-refractivity contribution in [1.29, 1.82) is 0 Å². The fraction of sp³-hybridized carbons (Fsp3) is 1.00. The lowest BCUT2D eigenvalue weighted by Crippen LogP contribution is -2.27. The summed E-state index contributed by atoms with van der Waals surface area (Å²) in [5.74, 6) is 0.408. The minimum Gasteiger partial charge on any atom is -0.330 e. The maximum Gasteiger partial charge on any atom is 0.105 e. The summed E-state index contributed by atoms with van der Waals surface area (Å²) in [6.07, 6.45) is 1.78. The molecule has 0 heterocycles. The topological polar surface area (TPSA) is 26.0 Å². The molecular weight excluding hydrogens is 165 g/mol. The van der Waals surface area contributed by atoms with Gasteiger partial charge in [-0.05, 0) is 37.1 Å². The lowest BCUT2D eigenvalue weighted by molar-refractivity contribution is 0.112. The summed E-state index contributed by atoms with van der Waals surface area (Å²) in [6, 6.07) is 0. The molecule has 0 aromatic carbocycles. The molecule has 1 unspecified atom stereocenters. The minimum absolute atomic E-state index is 0.178. The van der Waals surface area contributed by atoms with Gasteiger partial charge in [0.25, 0.3) is 0 Å².